The first-order chi connectivity index (χ1) is 22.6. The minimum Gasteiger partial charge on any atom is -0.399 e. The van der Waals surface area contributed by atoms with Gasteiger partial charge in [-0.1, -0.05) is 164 Å². The second kappa shape index (κ2) is 19.9. The van der Waals surface area contributed by atoms with Gasteiger partial charge >= 0.3 is 0 Å². The Hall–Kier alpha value is -3.52. The van der Waals surface area contributed by atoms with E-state index >= 15 is 0 Å². The van der Waals surface area contributed by atoms with Crippen molar-refractivity contribution in [2.75, 3.05) is 11.5 Å². The number of unbranched alkanes of at least 4 members (excludes halogenated alkanes) is 10. The molecule has 4 aromatic rings. The Morgan fingerprint density at radius 2 is 0.652 bits per heavy atom. The Morgan fingerprint density at radius 3 is 0.978 bits per heavy atom. The lowest BCUT2D eigenvalue weighted by atomic mass is 9.85. The SMILES string of the molecule is CCCCCCCCC(c1ccc(N)cc1)c1ccc(CCc2ccc(C(CCCCCCCC)c3ccc(N)cc3)cc2)cc1. The largest absolute Gasteiger partial charge is 0.399 e. The smallest absolute Gasteiger partial charge is 0.0314 e. The normalized spacial score (nSPS) is 12.7. The van der Waals surface area contributed by atoms with E-state index in [4.69, 9.17) is 11.5 Å². The summed E-state index contributed by atoms with van der Waals surface area (Å²) in [6.07, 6.45) is 20.4. The van der Waals surface area contributed by atoms with Crippen molar-refractivity contribution in [3.05, 3.63) is 130 Å². The highest BCUT2D eigenvalue weighted by atomic mass is 14.5. The monoisotopic (exact) mass is 616 g/mol. The predicted octanol–water partition coefficient (Wildman–Crippen LogP) is 12.4. The van der Waals surface area contributed by atoms with Crippen LogP contribution in [0.15, 0.2) is 97.1 Å². The number of aryl methyl sites for hydroxylation is 2. The fraction of sp³-hybridized carbons (Fsp3) is 0.455. The third-order valence-electron chi connectivity index (χ3n) is 9.84. The van der Waals surface area contributed by atoms with Crippen LogP contribution in [0.2, 0.25) is 0 Å². The van der Waals surface area contributed by atoms with Gasteiger partial charge < -0.3 is 11.5 Å². The molecular formula is C44H60N2. The molecule has 0 bridgehead atoms. The Morgan fingerprint density at radius 1 is 0.370 bits per heavy atom. The molecule has 46 heavy (non-hydrogen) atoms. The summed E-state index contributed by atoms with van der Waals surface area (Å²) in [7, 11) is 0. The third-order valence-corrected chi connectivity index (χ3v) is 9.84. The molecule has 2 heteroatoms. The van der Waals surface area contributed by atoms with Crippen molar-refractivity contribution in [2.45, 2.75) is 128 Å². The highest BCUT2D eigenvalue weighted by molar-refractivity contribution is 5.44. The molecular weight excluding hydrogens is 556 g/mol. The van der Waals surface area contributed by atoms with E-state index in [2.05, 4.69) is 111 Å². The van der Waals surface area contributed by atoms with Gasteiger partial charge in [-0.25, -0.2) is 0 Å². The van der Waals surface area contributed by atoms with Crippen LogP contribution >= 0.6 is 0 Å². The molecule has 4 N–H and O–H groups in total. The first-order valence-electron chi connectivity index (χ1n) is 18.5. The van der Waals surface area contributed by atoms with Crippen LogP contribution in [0.1, 0.15) is 149 Å². The molecule has 2 unspecified atom stereocenters. The number of benzene rings is 4. The van der Waals surface area contributed by atoms with Crippen molar-refractivity contribution in [1.29, 1.82) is 0 Å². The van der Waals surface area contributed by atoms with E-state index in [1.165, 1.54) is 123 Å². The molecule has 0 aliphatic heterocycles. The lowest BCUT2D eigenvalue weighted by molar-refractivity contribution is 0.568. The Labute approximate surface area is 281 Å². The molecule has 2 atom stereocenters. The average molecular weight is 617 g/mol. The molecule has 0 saturated carbocycles. The van der Waals surface area contributed by atoms with Gasteiger partial charge in [-0.3, -0.25) is 0 Å². The molecule has 2 nitrogen and oxygen atoms in total. The maximum Gasteiger partial charge on any atom is 0.0314 e. The molecule has 0 aliphatic rings. The lowest BCUT2D eigenvalue weighted by Crippen LogP contribution is -2.03. The molecule has 0 radical (unpaired) electrons. The topological polar surface area (TPSA) is 52.0 Å². The molecule has 246 valence electrons. The fourth-order valence-electron chi connectivity index (χ4n) is 6.89. The van der Waals surface area contributed by atoms with Gasteiger partial charge in [0.15, 0.2) is 0 Å². The zero-order valence-electron chi connectivity index (χ0n) is 28.9. The van der Waals surface area contributed by atoms with Crippen LogP contribution in [-0.2, 0) is 12.8 Å². The first-order valence-corrected chi connectivity index (χ1v) is 18.5. The van der Waals surface area contributed by atoms with E-state index < -0.39 is 0 Å². The number of nitrogens with two attached hydrogens (primary N) is 2. The Bertz CT molecular complexity index is 1240. The lowest BCUT2D eigenvalue weighted by Gasteiger charge is -2.19. The average Bonchev–Trinajstić information content (AvgIpc) is 3.08. The molecule has 0 heterocycles. The second-order valence-electron chi connectivity index (χ2n) is 13.5. The first kappa shape index (κ1) is 35.3. The van der Waals surface area contributed by atoms with Crippen LogP contribution in [0, 0.1) is 0 Å². The van der Waals surface area contributed by atoms with Gasteiger partial charge in [0, 0.05) is 23.2 Å². The highest BCUT2D eigenvalue weighted by Gasteiger charge is 2.16. The summed E-state index contributed by atoms with van der Waals surface area (Å²) in [6.45, 7) is 4.57. The van der Waals surface area contributed by atoms with Crippen LogP contribution in [0.3, 0.4) is 0 Å². The van der Waals surface area contributed by atoms with Gasteiger partial charge in [0.2, 0.25) is 0 Å². The van der Waals surface area contributed by atoms with Crippen molar-refractivity contribution in [3.8, 4) is 0 Å². The molecule has 0 aliphatic carbocycles. The van der Waals surface area contributed by atoms with Crippen molar-refractivity contribution in [2.24, 2.45) is 0 Å². The van der Waals surface area contributed by atoms with E-state index in [9.17, 15) is 0 Å². The molecule has 0 amide bonds. The maximum atomic E-state index is 6.02. The summed E-state index contributed by atoms with van der Waals surface area (Å²) in [5, 5.41) is 0. The molecule has 0 fully saturated rings. The van der Waals surface area contributed by atoms with Gasteiger partial charge in [0.1, 0.15) is 0 Å². The van der Waals surface area contributed by atoms with Gasteiger partial charge in [-0.15, -0.1) is 0 Å². The summed E-state index contributed by atoms with van der Waals surface area (Å²) >= 11 is 0. The number of hydrogen-bond acceptors (Lipinski definition) is 2. The number of hydrogen-bond donors (Lipinski definition) is 2. The van der Waals surface area contributed by atoms with Crippen molar-refractivity contribution in [3.63, 3.8) is 0 Å². The van der Waals surface area contributed by atoms with Gasteiger partial charge in [-0.2, -0.15) is 0 Å². The third kappa shape index (κ3) is 11.7. The predicted molar refractivity (Wildman–Crippen MR) is 202 cm³/mol. The van der Waals surface area contributed by atoms with E-state index in [0.717, 1.165) is 24.2 Å². The maximum absolute atomic E-state index is 6.02. The highest BCUT2D eigenvalue weighted by Crippen LogP contribution is 2.33. The standard InChI is InChI=1S/C44H60N2/c1-3-5-7-9-11-13-15-43(39-27-31-41(45)32-28-39)37-23-19-35(20-24-37)17-18-36-21-25-38(26-22-36)44(16-14-12-10-8-6-4-2)40-29-33-42(46)34-30-40/h19-34,43-44H,3-18,45-46H2,1-2H3. The van der Waals surface area contributed by atoms with Crippen LogP contribution < -0.4 is 11.5 Å². The van der Waals surface area contributed by atoms with Crippen LogP contribution in [0.25, 0.3) is 0 Å². The Kier molecular flexibility index (Phi) is 15.3. The fourth-order valence-corrected chi connectivity index (χ4v) is 6.89. The van der Waals surface area contributed by atoms with E-state index in [1.54, 1.807) is 0 Å². The van der Waals surface area contributed by atoms with Crippen molar-refractivity contribution >= 4 is 11.4 Å². The summed E-state index contributed by atoms with van der Waals surface area (Å²) < 4.78 is 0. The summed E-state index contributed by atoms with van der Waals surface area (Å²) in [6, 6.07) is 36.0. The molecule has 4 rings (SSSR count). The van der Waals surface area contributed by atoms with Crippen molar-refractivity contribution < 1.29 is 0 Å². The Balaban J connectivity index is 1.35. The van der Waals surface area contributed by atoms with E-state index in [-0.39, 0.29) is 0 Å². The second-order valence-corrected chi connectivity index (χ2v) is 13.5. The summed E-state index contributed by atoms with van der Waals surface area (Å²) in [5.74, 6) is 0.859. The summed E-state index contributed by atoms with van der Waals surface area (Å²) in [5.41, 5.74) is 22.1. The van der Waals surface area contributed by atoms with Gasteiger partial charge in [-0.05, 0) is 83.3 Å². The van der Waals surface area contributed by atoms with E-state index in [0.29, 0.717) is 11.8 Å². The number of rotatable bonds is 21. The van der Waals surface area contributed by atoms with Crippen LogP contribution in [-0.4, -0.2) is 0 Å². The molecule has 0 spiro atoms. The minimum absolute atomic E-state index is 0.429. The van der Waals surface area contributed by atoms with Crippen LogP contribution in [0.4, 0.5) is 11.4 Å². The van der Waals surface area contributed by atoms with Crippen molar-refractivity contribution in [1.82, 2.24) is 0 Å². The number of anilines is 2. The number of nitrogen functional groups attached to an aromatic ring is 2. The zero-order chi connectivity index (χ0) is 32.4. The minimum atomic E-state index is 0.429. The van der Waals surface area contributed by atoms with E-state index in [1.807, 2.05) is 0 Å². The summed E-state index contributed by atoms with van der Waals surface area (Å²) in [4.78, 5) is 0. The quantitative estimate of drug-likeness (QED) is 0.0723. The zero-order valence-corrected chi connectivity index (χ0v) is 28.9. The van der Waals surface area contributed by atoms with Gasteiger partial charge in [0.05, 0.1) is 0 Å². The molecule has 0 aromatic heterocycles. The molecule has 0 saturated heterocycles. The van der Waals surface area contributed by atoms with Crippen LogP contribution in [0.5, 0.6) is 0 Å². The molecule has 4 aromatic carbocycles. The van der Waals surface area contributed by atoms with Gasteiger partial charge in [0.25, 0.3) is 0 Å².